The van der Waals surface area contributed by atoms with Gasteiger partial charge in [0.1, 0.15) is 0 Å². The van der Waals surface area contributed by atoms with E-state index < -0.39 is 0 Å². The summed E-state index contributed by atoms with van der Waals surface area (Å²) < 4.78 is 0. The first-order chi connectivity index (χ1) is 7.72. The summed E-state index contributed by atoms with van der Waals surface area (Å²) >= 11 is 0. The number of carbonyl (C=O) groups is 1. The molecule has 1 amide bonds. The molecule has 1 aromatic rings. The number of amides is 1. The first-order valence-corrected chi connectivity index (χ1v) is 5.73. The first-order valence-electron chi connectivity index (χ1n) is 5.73. The fourth-order valence-electron chi connectivity index (χ4n) is 1.83. The monoisotopic (exact) mass is 217 g/mol. The van der Waals surface area contributed by atoms with Crippen LogP contribution in [0.25, 0.3) is 0 Å². The molecule has 16 heavy (non-hydrogen) atoms. The van der Waals surface area contributed by atoms with Crippen molar-refractivity contribution in [3.63, 3.8) is 0 Å². The zero-order chi connectivity index (χ0) is 12.0. The molecule has 0 bridgehead atoms. The maximum atomic E-state index is 11.3. The molecule has 0 heterocycles. The van der Waals surface area contributed by atoms with Crippen LogP contribution < -0.4 is 5.32 Å². The Labute approximate surface area is 97.4 Å². The second-order valence-electron chi connectivity index (χ2n) is 3.73. The minimum Gasteiger partial charge on any atom is -0.346 e. The quantitative estimate of drug-likeness (QED) is 0.755. The predicted molar refractivity (Wildman–Crippen MR) is 67.2 cm³/mol. The van der Waals surface area contributed by atoms with E-state index in [1.807, 2.05) is 12.1 Å². The highest BCUT2D eigenvalue weighted by atomic mass is 16.1. The van der Waals surface area contributed by atoms with Crippen molar-refractivity contribution in [1.82, 2.24) is 5.32 Å². The lowest BCUT2D eigenvalue weighted by Gasteiger charge is -2.19. The van der Waals surface area contributed by atoms with Crippen LogP contribution in [0.3, 0.4) is 0 Å². The molecule has 0 aromatic heterocycles. The third-order valence-electron chi connectivity index (χ3n) is 2.72. The lowest BCUT2D eigenvalue weighted by molar-refractivity contribution is -0.117. The zero-order valence-corrected chi connectivity index (χ0v) is 9.99. The maximum Gasteiger partial charge on any atom is 0.243 e. The molecule has 0 saturated carbocycles. The van der Waals surface area contributed by atoms with Crippen molar-refractivity contribution in [3.05, 3.63) is 48.0 Å². The van der Waals surface area contributed by atoms with Crippen LogP contribution in [0, 0.1) is 0 Å². The molecule has 1 atom stereocenters. The minimum atomic E-state index is -0.113. The van der Waals surface area contributed by atoms with Gasteiger partial charge in [-0.05, 0) is 30.0 Å². The molecule has 0 aliphatic heterocycles. The van der Waals surface area contributed by atoms with Gasteiger partial charge in [0.05, 0.1) is 6.04 Å². The standard InChI is InChI=1S/C14H19NO/c1-4-11-9-7-8-10-12(11)13(5-2)15-14(16)6-3/h6-10,13H,3-5H2,1-2H3,(H,15,16). The van der Waals surface area contributed by atoms with E-state index in [0.29, 0.717) is 0 Å². The van der Waals surface area contributed by atoms with Crippen molar-refractivity contribution in [2.45, 2.75) is 32.7 Å². The third-order valence-corrected chi connectivity index (χ3v) is 2.72. The zero-order valence-electron chi connectivity index (χ0n) is 9.99. The molecule has 1 rings (SSSR count). The Kier molecular flexibility index (Phi) is 4.77. The highest BCUT2D eigenvalue weighted by Gasteiger charge is 2.13. The summed E-state index contributed by atoms with van der Waals surface area (Å²) in [6.45, 7) is 7.67. The summed E-state index contributed by atoms with van der Waals surface area (Å²) in [6, 6.07) is 8.32. The summed E-state index contributed by atoms with van der Waals surface area (Å²) in [7, 11) is 0. The summed E-state index contributed by atoms with van der Waals surface area (Å²) in [5.41, 5.74) is 2.50. The fourth-order valence-corrected chi connectivity index (χ4v) is 1.83. The van der Waals surface area contributed by atoms with E-state index in [2.05, 4.69) is 37.9 Å². The molecule has 0 aliphatic carbocycles. The predicted octanol–water partition coefficient (Wildman–Crippen LogP) is 3.00. The number of rotatable bonds is 5. The van der Waals surface area contributed by atoms with Crippen LogP contribution in [0.15, 0.2) is 36.9 Å². The average molecular weight is 217 g/mol. The van der Waals surface area contributed by atoms with Crippen LogP contribution in [0.4, 0.5) is 0 Å². The van der Waals surface area contributed by atoms with Gasteiger partial charge in [-0.2, -0.15) is 0 Å². The SMILES string of the molecule is C=CC(=O)NC(CC)c1ccccc1CC. The van der Waals surface area contributed by atoms with Crippen LogP contribution in [0.5, 0.6) is 0 Å². The second kappa shape index (κ2) is 6.11. The highest BCUT2D eigenvalue weighted by molar-refractivity contribution is 5.87. The number of benzene rings is 1. The van der Waals surface area contributed by atoms with Crippen molar-refractivity contribution >= 4 is 5.91 Å². The number of hydrogen-bond acceptors (Lipinski definition) is 1. The van der Waals surface area contributed by atoms with Gasteiger partial charge in [-0.1, -0.05) is 44.7 Å². The number of hydrogen-bond donors (Lipinski definition) is 1. The molecule has 2 heteroatoms. The van der Waals surface area contributed by atoms with E-state index >= 15 is 0 Å². The Bertz CT molecular complexity index is 371. The Morgan fingerprint density at radius 3 is 2.69 bits per heavy atom. The van der Waals surface area contributed by atoms with Crippen LogP contribution >= 0.6 is 0 Å². The number of carbonyl (C=O) groups excluding carboxylic acids is 1. The normalized spacial score (nSPS) is 11.9. The van der Waals surface area contributed by atoms with Crippen LogP contribution in [0.1, 0.15) is 37.4 Å². The third kappa shape index (κ3) is 2.96. The molecule has 0 aliphatic rings. The van der Waals surface area contributed by atoms with Gasteiger partial charge in [-0.3, -0.25) is 4.79 Å². The number of aryl methyl sites for hydroxylation is 1. The Morgan fingerprint density at radius 1 is 1.44 bits per heavy atom. The van der Waals surface area contributed by atoms with Gasteiger partial charge in [0.2, 0.25) is 5.91 Å². The van der Waals surface area contributed by atoms with Crippen LogP contribution in [0.2, 0.25) is 0 Å². The van der Waals surface area contributed by atoms with Crippen molar-refractivity contribution in [2.24, 2.45) is 0 Å². The van der Waals surface area contributed by atoms with Gasteiger partial charge in [0, 0.05) is 0 Å². The van der Waals surface area contributed by atoms with Gasteiger partial charge in [0.15, 0.2) is 0 Å². The van der Waals surface area contributed by atoms with Gasteiger partial charge in [-0.25, -0.2) is 0 Å². The summed E-state index contributed by atoms with van der Waals surface area (Å²) in [5.74, 6) is -0.113. The molecule has 1 aromatic carbocycles. The molecule has 1 unspecified atom stereocenters. The van der Waals surface area contributed by atoms with Crippen molar-refractivity contribution < 1.29 is 4.79 Å². The molecular formula is C14H19NO. The second-order valence-corrected chi connectivity index (χ2v) is 3.73. The molecule has 86 valence electrons. The van der Waals surface area contributed by atoms with Gasteiger partial charge in [0.25, 0.3) is 0 Å². The molecule has 2 nitrogen and oxygen atoms in total. The highest BCUT2D eigenvalue weighted by Crippen LogP contribution is 2.21. The van der Waals surface area contributed by atoms with Crippen LogP contribution in [-0.2, 0) is 11.2 Å². The Balaban J connectivity index is 2.93. The van der Waals surface area contributed by atoms with Crippen molar-refractivity contribution in [3.8, 4) is 0 Å². The van der Waals surface area contributed by atoms with Gasteiger partial charge >= 0.3 is 0 Å². The van der Waals surface area contributed by atoms with E-state index in [0.717, 1.165) is 12.8 Å². The Morgan fingerprint density at radius 2 is 2.12 bits per heavy atom. The lowest BCUT2D eigenvalue weighted by Crippen LogP contribution is -2.26. The summed E-state index contributed by atoms with van der Waals surface area (Å²) in [6.07, 6.45) is 3.18. The van der Waals surface area contributed by atoms with E-state index in [4.69, 9.17) is 0 Å². The smallest absolute Gasteiger partial charge is 0.243 e. The van der Waals surface area contributed by atoms with Crippen molar-refractivity contribution in [1.29, 1.82) is 0 Å². The van der Waals surface area contributed by atoms with Crippen LogP contribution in [-0.4, -0.2) is 5.91 Å². The van der Waals surface area contributed by atoms with Gasteiger partial charge < -0.3 is 5.32 Å². The van der Waals surface area contributed by atoms with Crippen molar-refractivity contribution in [2.75, 3.05) is 0 Å². The molecule has 0 saturated heterocycles. The summed E-state index contributed by atoms with van der Waals surface area (Å²) in [5, 5.41) is 2.95. The van der Waals surface area contributed by atoms with E-state index in [1.165, 1.54) is 17.2 Å². The molecule has 0 radical (unpaired) electrons. The fraction of sp³-hybridized carbons (Fsp3) is 0.357. The molecule has 0 spiro atoms. The minimum absolute atomic E-state index is 0.0849. The number of nitrogens with one attached hydrogen (secondary N) is 1. The van der Waals surface area contributed by atoms with E-state index in [1.54, 1.807) is 0 Å². The molecular weight excluding hydrogens is 198 g/mol. The maximum absolute atomic E-state index is 11.3. The average Bonchev–Trinajstić information content (AvgIpc) is 2.35. The summed E-state index contributed by atoms with van der Waals surface area (Å²) in [4.78, 5) is 11.3. The molecule has 1 N–H and O–H groups in total. The topological polar surface area (TPSA) is 29.1 Å². The lowest BCUT2D eigenvalue weighted by atomic mass is 9.97. The Hall–Kier alpha value is -1.57. The largest absolute Gasteiger partial charge is 0.346 e. The molecule has 0 fully saturated rings. The van der Waals surface area contributed by atoms with E-state index in [-0.39, 0.29) is 11.9 Å². The first kappa shape index (κ1) is 12.5. The van der Waals surface area contributed by atoms with Gasteiger partial charge in [-0.15, -0.1) is 0 Å². The van der Waals surface area contributed by atoms with E-state index in [9.17, 15) is 4.79 Å².